The van der Waals surface area contributed by atoms with Crippen LogP contribution < -0.4 is 10.1 Å². The molecule has 1 atom stereocenters. The Bertz CT molecular complexity index is 641. The van der Waals surface area contributed by atoms with Crippen molar-refractivity contribution in [2.75, 3.05) is 5.32 Å². The SMILES string of the molecule is Cc1ccc(O[C@H](C)C(=O)Nc2cc(Cl)ccc2Cl)cc1. The minimum Gasteiger partial charge on any atom is -0.481 e. The van der Waals surface area contributed by atoms with Crippen LogP contribution in [0, 0.1) is 6.92 Å². The van der Waals surface area contributed by atoms with Gasteiger partial charge in [0.1, 0.15) is 5.75 Å². The molecule has 110 valence electrons. The van der Waals surface area contributed by atoms with Crippen molar-refractivity contribution < 1.29 is 9.53 Å². The zero-order valence-electron chi connectivity index (χ0n) is 11.7. The van der Waals surface area contributed by atoms with Crippen LogP contribution in [0.25, 0.3) is 0 Å². The molecule has 21 heavy (non-hydrogen) atoms. The average Bonchev–Trinajstić information content (AvgIpc) is 2.45. The maximum Gasteiger partial charge on any atom is 0.265 e. The van der Waals surface area contributed by atoms with E-state index in [1.165, 1.54) is 0 Å². The van der Waals surface area contributed by atoms with Gasteiger partial charge in [-0.25, -0.2) is 0 Å². The molecule has 2 aromatic carbocycles. The first-order chi connectivity index (χ1) is 9.95. The Hall–Kier alpha value is -1.71. The van der Waals surface area contributed by atoms with Crippen LogP contribution >= 0.6 is 23.2 Å². The van der Waals surface area contributed by atoms with Gasteiger partial charge < -0.3 is 10.1 Å². The summed E-state index contributed by atoms with van der Waals surface area (Å²) in [4.78, 5) is 12.1. The van der Waals surface area contributed by atoms with Crippen LogP contribution in [-0.4, -0.2) is 12.0 Å². The summed E-state index contributed by atoms with van der Waals surface area (Å²) in [6.07, 6.45) is -0.650. The Balaban J connectivity index is 2.02. The van der Waals surface area contributed by atoms with Gasteiger partial charge in [0.25, 0.3) is 5.91 Å². The van der Waals surface area contributed by atoms with Crippen LogP contribution in [0.15, 0.2) is 42.5 Å². The summed E-state index contributed by atoms with van der Waals surface area (Å²) < 4.78 is 5.59. The van der Waals surface area contributed by atoms with Gasteiger partial charge in [-0.05, 0) is 44.2 Å². The lowest BCUT2D eigenvalue weighted by Gasteiger charge is -2.15. The summed E-state index contributed by atoms with van der Waals surface area (Å²) in [5.41, 5.74) is 1.60. The first-order valence-electron chi connectivity index (χ1n) is 6.45. The third kappa shape index (κ3) is 4.38. The van der Waals surface area contributed by atoms with E-state index in [1.54, 1.807) is 25.1 Å². The van der Waals surface area contributed by atoms with Crippen molar-refractivity contribution in [1.82, 2.24) is 0 Å². The number of carbonyl (C=O) groups is 1. The zero-order chi connectivity index (χ0) is 15.4. The number of rotatable bonds is 4. The zero-order valence-corrected chi connectivity index (χ0v) is 13.2. The molecule has 0 radical (unpaired) electrons. The molecule has 0 unspecified atom stereocenters. The predicted octanol–water partition coefficient (Wildman–Crippen LogP) is 4.71. The highest BCUT2D eigenvalue weighted by atomic mass is 35.5. The van der Waals surface area contributed by atoms with Gasteiger partial charge in [0.2, 0.25) is 0 Å². The second kappa shape index (κ2) is 6.83. The van der Waals surface area contributed by atoms with E-state index in [1.807, 2.05) is 31.2 Å². The van der Waals surface area contributed by atoms with E-state index in [-0.39, 0.29) is 5.91 Å². The van der Waals surface area contributed by atoms with E-state index < -0.39 is 6.10 Å². The maximum absolute atomic E-state index is 12.1. The first kappa shape index (κ1) is 15.7. The number of amides is 1. The fraction of sp³-hybridized carbons (Fsp3) is 0.188. The van der Waals surface area contributed by atoms with Crippen LogP contribution in [0.3, 0.4) is 0 Å². The summed E-state index contributed by atoms with van der Waals surface area (Å²) in [5.74, 6) is 0.347. The molecule has 1 amide bonds. The van der Waals surface area contributed by atoms with Crippen molar-refractivity contribution in [3.63, 3.8) is 0 Å². The molecule has 3 nitrogen and oxygen atoms in total. The number of nitrogens with one attached hydrogen (secondary N) is 1. The molecule has 1 N–H and O–H groups in total. The number of hydrogen-bond acceptors (Lipinski definition) is 2. The smallest absolute Gasteiger partial charge is 0.265 e. The fourth-order valence-electron chi connectivity index (χ4n) is 1.70. The lowest BCUT2D eigenvalue weighted by atomic mass is 10.2. The minimum absolute atomic E-state index is 0.292. The lowest BCUT2D eigenvalue weighted by Crippen LogP contribution is -2.30. The third-order valence-corrected chi connectivity index (χ3v) is 3.45. The molecular formula is C16H15Cl2NO2. The Morgan fingerprint density at radius 3 is 2.48 bits per heavy atom. The molecule has 5 heteroatoms. The van der Waals surface area contributed by atoms with Crippen LogP contribution in [-0.2, 0) is 4.79 Å². The lowest BCUT2D eigenvalue weighted by molar-refractivity contribution is -0.122. The number of benzene rings is 2. The number of ether oxygens (including phenoxy) is 1. The summed E-state index contributed by atoms with van der Waals surface area (Å²) in [5, 5.41) is 3.63. The van der Waals surface area contributed by atoms with Gasteiger partial charge in [0, 0.05) is 5.02 Å². The number of anilines is 1. The van der Waals surface area contributed by atoms with E-state index in [9.17, 15) is 4.79 Å². The van der Waals surface area contributed by atoms with E-state index >= 15 is 0 Å². The van der Waals surface area contributed by atoms with Crippen molar-refractivity contribution in [3.8, 4) is 5.75 Å². The molecule has 0 aliphatic carbocycles. The summed E-state index contributed by atoms with van der Waals surface area (Å²) in [6.45, 7) is 3.66. The van der Waals surface area contributed by atoms with Crippen LogP contribution in [0.1, 0.15) is 12.5 Å². The predicted molar refractivity (Wildman–Crippen MR) is 86.4 cm³/mol. The molecule has 0 heterocycles. The van der Waals surface area contributed by atoms with Crippen molar-refractivity contribution in [3.05, 3.63) is 58.1 Å². The Morgan fingerprint density at radius 1 is 1.14 bits per heavy atom. The second-order valence-corrected chi connectivity index (χ2v) is 5.53. The summed E-state index contributed by atoms with van der Waals surface area (Å²) in [7, 11) is 0. The van der Waals surface area contributed by atoms with Gasteiger partial charge in [-0.1, -0.05) is 40.9 Å². The number of hydrogen-bond donors (Lipinski definition) is 1. The molecule has 0 saturated carbocycles. The van der Waals surface area contributed by atoms with Gasteiger partial charge in [0.05, 0.1) is 10.7 Å². The van der Waals surface area contributed by atoms with E-state index in [0.717, 1.165) is 5.56 Å². The summed E-state index contributed by atoms with van der Waals surface area (Å²) in [6, 6.07) is 12.4. The number of halogens is 2. The Kier molecular flexibility index (Phi) is 5.10. The van der Waals surface area contributed by atoms with Crippen LogP contribution in [0.2, 0.25) is 10.0 Å². The number of carbonyl (C=O) groups excluding carboxylic acids is 1. The average molecular weight is 324 g/mol. The van der Waals surface area contributed by atoms with Crippen molar-refractivity contribution in [1.29, 1.82) is 0 Å². The highest BCUT2D eigenvalue weighted by molar-refractivity contribution is 6.35. The second-order valence-electron chi connectivity index (χ2n) is 4.69. The monoisotopic (exact) mass is 323 g/mol. The molecule has 0 spiro atoms. The molecule has 0 aliphatic heterocycles. The fourth-order valence-corrected chi connectivity index (χ4v) is 2.04. The molecule has 2 aromatic rings. The standard InChI is InChI=1S/C16H15Cl2NO2/c1-10-3-6-13(7-4-10)21-11(2)16(20)19-15-9-12(17)5-8-14(15)18/h3-9,11H,1-2H3,(H,19,20)/t11-/m1/s1. The number of aryl methyl sites for hydroxylation is 1. The third-order valence-electron chi connectivity index (χ3n) is 2.89. The van der Waals surface area contributed by atoms with Crippen LogP contribution in [0.5, 0.6) is 5.75 Å². The molecule has 2 rings (SSSR count). The normalized spacial score (nSPS) is 11.8. The van der Waals surface area contributed by atoms with E-state index in [4.69, 9.17) is 27.9 Å². The maximum atomic E-state index is 12.1. The molecular weight excluding hydrogens is 309 g/mol. The quantitative estimate of drug-likeness (QED) is 0.885. The van der Waals surface area contributed by atoms with Gasteiger partial charge in [-0.3, -0.25) is 4.79 Å². The van der Waals surface area contributed by atoms with Gasteiger partial charge >= 0.3 is 0 Å². The largest absolute Gasteiger partial charge is 0.481 e. The molecule has 0 bridgehead atoms. The van der Waals surface area contributed by atoms with Gasteiger partial charge in [0.15, 0.2) is 6.10 Å². The van der Waals surface area contributed by atoms with Gasteiger partial charge in [-0.15, -0.1) is 0 Å². The topological polar surface area (TPSA) is 38.3 Å². The molecule has 0 fully saturated rings. The Labute approximate surface area is 133 Å². The summed E-state index contributed by atoms with van der Waals surface area (Å²) >= 11 is 11.9. The van der Waals surface area contributed by atoms with Crippen molar-refractivity contribution >= 4 is 34.8 Å². The van der Waals surface area contributed by atoms with Crippen molar-refractivity contribution in [2.45, 2.75) is 20.0 Å². The van der Waals surface area contributed by atoms with Crippen LogP contribution in [0.4, 0.5) is 5.69 Å². The highest BCUT2D eigenvalue weighted by Crippen LogP contribution is 2.25. The van der Waals surface area contributed by atoms with E-state index in [2.05, 4.69) is 5.32 Å². The van der Waals surface area contributed by atoms with E-state index in [0.29, 0.717) is 21.5 Å². The first-order valence-corrected chi connectivity index (χ1v) is 7.20. The van der Waals surface area contributed by atoms with Crippen molar-refractivity contribution in [2.24, 2.45) is 0 Å². The molecule has 0 saturated heterocycles. The molecule has 0 aromatic heterocycles. The highest BCUT2D eigenvalue weighted by Gasteiger charge is 2.16. The minimum atomic E-state index is -0.650. The van der Waals surface area contributed by atoms with Gasteiger partial charge in [-0.2, -0.15) is 0 Å². The molecule has 0 aliphatic rings. The Morgan fingerprint density at radius 2 is 1.81 bits per heavy atom.